The van der Waals surface area contributed by atoms with Crippen LogP contribution >= 0.6 is 23.2 Å². The number of nitrogens with zero attached hydrogens (tertiary/aromatic N) is 4. The molecule has 0 radical (unpaired) electrons. The third-order valence-corrected chi connectivity index (χ3v) is 6.87. The molecule has 0 atom stereocenters. The summed E-state index contributed by atoms with van der Waals surface area (Å²) >= 11 is 12.3. The van der Waals surface area contributed by atoms with Crippen molar-refractivity contribution in [2.24, 2.45) is 11.5 Å². The van der Waals surface area contributed by atoms with Crippen LogP contribution in [0.5, 0.6) is 0 Å². The molecular weight excluding hydrogens is 567 g/mol. The summed E-state index contributed by atoms with van der Waals surface area (Å²) in [6.07, 6.45) is 0. The van der Waals surface area contributed by atoms with E-state index in [4.69, 9.17) is 63.0 Å². The van der Waals surface area contributed by atoms with Crippen molar-refractivity contribution in [1.82, 2.24) is 19.6 Å². The molecule has 0 spiro atoms. The third kappa shape index (κ3) is 12.8. The van der Waals surface area contributed by atoms with E-state index >= 15 is 0 Å². The standard InChI is InChI=1S/2C12H17ClN4.H2O4S/c2*13-11-4-2-1-3-10(11)9-16-5-7-17(8-6-16)12(14)15;1-5(2,3)4/h2*1-4H,5-9H2,(H3,14,15);(H2,1,2,3,4). The third-order valence-electron chi connectivity index (χ3n) is 6.13. The Hall–Kier alpha value is -2.65. The molecule has 0 amide bonds. The van der Waals surface area contributed by atoms with Gasteiger partial charge < -0.3 is 21.3 Å². The smallest absolute Gasteiger partial charge is 0.370 e. The van der Waals surface area contributed by atoms with Gasteiger partial charge in [0, 0.05) is 75.5 Å². The molecule has 12 nitrogen and oxygen atoms in total. The van der Waals surface area contributed by atoms with Crippen LogP contribution in [0.2, 0.25) is 10.0 Å². The van der Waals surface area contributed by atoms with Crippen LogP contribution in [0.3, 0.4) is 0 Å². The lowest BCUT2D eigenvalue weighted by Crippen LogP contribution is -2.50. The first-order valence-electron chi connectivity index (χ1n) is 12.1. The molecule has 0 aromatic heterocycles. The first kappa shape index (κ1) is 32.6. The fraction of sp³-hybridized carbons (Fsp3) is 0.417. The lowest BCUT2D eigenvalue weighted by molar-refractivity contribution is 0.174. The van der Waals surface area contributed by atoms with Crippen LogP contribution in [0, 0.1) is 10.8 Å². The highest BCUT2D eigenvalue weighted by molar-refractivity contribution is 7.79. The predicted octanol–water partition coefficient (Wildman–Crippen LogP) is 2.05. The van der Waals surface area contributed by atoms with Gasteiger partial charge in [0.1, 0.15) is 0 Å². The van der Waals surface area contributed by atoms with E-state index in [2.05, 4.69) is 21.9 Å². The summed E-state index contributed by atoms with van der Waals surface area (Å²) in [6.45, 7) is 8.70. The van der Waals surface area contributed by atoms with Crippen LogP contribution in [0.25, 0.3) is 0 Å². The molecule has 2 aromatic rings. The van der Waals surface area contributed by atoms with E-state index in [1.807, 2.05) is 46.2 Å². The van der Waals surface area contributed by atoms with Crippen LogP contribution in [0.1, 0.15) is 11.1 Å². The van der Waals surface area contributed by atoms with E-state index in [-0.39, 0.29) is 11.9 Å². The molecule has 2 aromatic carbocycles. The van der Waals surface area contributed by atoms with Gasteiger partial charge in [-0.3, -0.25) is 29.7 Å². The van der Waals surface area contributed by atoms with Crippen molar-refractivity contribution in [3.8, 4) is 0 Å². The molecule has 0 bridgehead atoms. The SMILES string of the molecule is N=C(N)N1CCN(Cc2ccccc2Cl)CC1.N=C(N)N1CCN(Cc2ccccc2Cl)CC1.O=S(=O)(O)O. The number of halogens is 2. The summed E-state index contributed by atoms with van der Waals surface area (Å²) in [7, 11) is -4.67. The maximum Gasteiger partial charge on any atom is 0.394 e. The Labute approximate surface area is 239 Å². The van der Waals surface area contributed by atoms with Crippen molar-refractivity contribution in [2.45, 2.75) is 13.1 Å². The maximum atomic E-state index is 8.74. The van der Waals surface area contributed by atoms with Gasteiger partial charge in [0.2, 0.25) is 0 Å². The summed E-state index contributed by atoms with van der Waals surface area (Å²) < 4.78 is 31.6. The molecule has 39 heavy (non-hydrogen) atoms. The van der Waals surface area contributed by atoms with Crippen LogP contribution in [0.4, 0.5) is 0 Å². The Morgan fingerprint density at radius 1 is 0.692 bits per heavy atom. The molecule has 2 heterocycles. The summed E-state index contributed by atoms with van der Waals surface area (Å²) in [6, 6.07) is 15.9. The van der Waals surface area contributed by atoms with Gasteiger partial charge in [-0.25, -0.2) is 0 Å². The van der Waals surface area contributed by atoms with Crippen LogP contribution < -0.4 is 11.5 Å². The molecule has 15 heteroatoms. The van der Waals surface area contributed by atoms with Gasteiger partial charge in [0.15, 0.2) is 11.9 Å². The zero-order chi connectivity index (χ0) is 29.0. The number of nitrogens with one attached hydrogen (secondary N) is 2. The molecule has 216 valence electrons. The highest BCUT2D eigenvalue weighted by Gasteiger charge is 2.19. The Bertz CT molecular complexity index is 1100. The van der Waals surface area contributed by atoms with Gasteiger partial charge in [-0.15, -0.1) is 0 Å². The maximum absolute atomic E-state index is 8.74. The average molecular weight is 604 g/mol. The number of piperazine rings is 2. The fourth-order valence-corrected chi connectivity index (χ4v) is 4.42. The van der Waals surface area contributed by atoms with E-state index in [0.717, 1.165) is 86.6 Å². The van der Waals surface area contributed by atoms with Crippen molar-refractivity contribution < 1.29 is 17.5 Å². The van der Waals surface area contributed by atoms with Crippen molar-refractivity contribution in [1.29, 1.82) is 10.8 Å². The number of guanidine groups is 2. The van der Waals surface area contributed by atoms with E-state index in [0.29, 0.717) is 0 Å². The molecular formula is C24H36Cl2N8O4S. The second-order valence-corrected chi connectivity index (χ2v) is 10.6. The van der Waals surface area contributed by atoms with Crippen LogP contribution in [-0.4, -0.2) is 101 Å². The molecule has 4 rings (SSSR count). The molecule has 8 N–H and O–H groups in total. The molecule has 2 saturated heterocycles. The highest BCUT2D eigenvalue weighted by atomic mass is 35.5. The van der Waals surface area contributed by atoms with Gasteiger partial charge >= 0.3 is 10.4 Å². The summed E-state index contributed by atoms with van der Waals surface area (Å²) in [5.74, 6) is 0.338. The van der Waals surface area contributed by atoms with E-state index < -0.39 is 10.4 Å². The molecule has 0 aliphatic carbocycles. The monoisotopic (exact) mass is 602 g/mol. The van der Waals surface area contributed by atoms with Crippen LogP contribution in [0.15, 0.2) is 48.5 Å². The molecule has 2 fully saturated rings. The average Bonchev–Trinajstić information content (AvgIpc) is 2.87. The number of hydrogen-bond donors (Lipinski definition) is 6. The van der Waals surface area contributed by atoms with Crippen molar-refractivity contribution >= 4 is 45.5 Å². The summed E-state index contributed by atoms with van der Waals surface area (Å²) in [4.78, 5) is 8.45. The summed E-state index contributed by atoms with van der Waals surface area (Å²) in [5.41, 5.74) is 13.2. The predicted molar refractivity (Wildman–Crippen MR) is 155 cm³/mol. The van der Waals surface area contributed by atoms with E-state index in [9.17, 15) is 0 Å². The van der Waals surface area contributed by atoms with Crippen molar-refractivity contribution in [3.63, 3.8) is 0 Å². The lowest BCUT2D eigenvalue weighted by Gasteiger charge is -2.34. The van der Waals surface area contributed by atoms with Gasteiger partial charge in [-0.1, -0.05) is 59.6 Å². The lowest BCUT2D eigenvalue weighted by atomic mass is 10.2. The van der Waals surface area contributed by atoms with Gasteiger partial charge in [-0.05, 0) is 23.3 Å². The normalized spacial score (nSPS) is 16.4. The molecule has 2 aliphatic heterocycles. The highest BCUT2D eigenvalue weighted by Crippen LogP contribution is 2.18. The van der Waals surface area contributed by atoms with Crippen molar-refractivity contribution in [3.05, 3.63) is 69.7 Å². The molecule has 0 unspecified atom stereocenters. The summed E-state index contributed by atoms with van der Waals surface area (Å²) in [5, 5.41) is 16.4. The quantitative estimate of drug-likeness (QED) is 0.172. The first-order chi connectivity index (χ1) is 18.3. The van der Waals surface area contributed by atoms with E-state index in [1.54, 1.807) is 0 Å². The van der Waals surface area contributed by atoms with E-state index in [1.165, 1.54) is 0 Å². The largest absolute Gasteiger partial charge is 0.394 e. The Balaban J connectivity index is 0.000000234. The van der Waals surface area contributed by atoms with Gasteiger partial charge in [0.25, 0.3) is 0 Å². The topological polar surface area (TPSA) is 187 Å². The van der Waals surface area contributed by atoms with Crippen molar-refractivity contribution in [2.75, 3.05) is 52.4 Å². The minimum Gasteiger partial charge on any atom is -0.370 e. The Morgan fingerprint density at radius 3 is 1.23 bits per heavy atom. The molecule has 2 aliphatic rings. The number of rotatable bonds is 4. The zero-order valence-corrected chi connectivity index (χ0v) is 23.8. The Morgan fingerprint density at radius 2 is 0.974 bits per heavy atom. The van der Waals surface area contributed by atoms with Gasteiger partial charge in [-0.2, -0.15) is 8.42 Å². The number of hydrogen-bond acceptors (Lipinski definition) is 6. The fourth-order valence-electron chi connectivity index (χ4n) is 4.03. The second kappa shape index (κ2) is 15.8. The number of benzene rings is 2. The van der Waals surface area contributed by atoms with Gasteiger partial charge in [0.05, 0.1) is 0 Å². The minimum absolute atomic E-state index is 0.169. The molecule has 0 saturated carbocycles. The second-order valence-electron chi connectivity index (χ2n) is 8.93. The number of nitrogens with two attached hydrogens (primary N) is 2. The Kier molecular flexibility index (Phi) is 13.2. The minimum atomic E-state index is -4.67. The van der Waals surface area contributed by atoms with Crippen LogP contribution in [-0.2, 0) is 23.5 Å². The zero-order valence-electron chi connectivity index (χ0n) is 21.5. The first-order valence-corrected chi connectivity index (χ1v) is 14.3.